The molecule has 22 heavy (non-hydrogen) atoms. The lowest BCUT2D eigenvalue weighted by molar-refractivity contribution is -0.115. The molecule has 1 aromatic carbocycles. The Hall–Kier alpha value is -1.77. The average Bonchev–Trinajstić information content (AvgIpc) is 2.85. The summed E-state index contributed by atoms with van der Waals surface area (Å²) in [6.45, 7) is 0.525. The van der Waals surface area contributed by atoms with Crippen molar-refractivity contribution in [1.29, 1.82) is 0 Å². The van der Waals surface area contributed by atoms with E-state index in [1.165, 1.54) is 23.5 Å². The summed E-state index contributed by atoms with van der Waals surface area (Å²) < 4.78 is 23.0. The quantitative estimate of drug-likeness (QED) is 0.824. The molecule has 0 unspecified atom stereocenters. The standard InChI is InChI=1S/C14H17N3O3S2/c1-22(19,20)12-4-2-3-10(7-12)16-13(18)8-11-9-21-14(17-11)5-6-15/h2-4,7,9H,5-6,8,15H2,1H3,(H,16,18). The highest BCUT2D eigenvalue weighted by Crippen LogP contribution is 2.16. The van der Waals surface area contributed by atoms with Gasteiger partial charge in [0.1, 0.15) is 0 Å². The number of nitrogens with zero attached hydrogens (tertiary/aromatic N) is 1. The number of amides is 1. The first-order valence-corrected chi connectivity index (χ1v) is 9.39. The van der Waals surface area contributed by atoms with E-state index in [1.54, 1.807) is 12.1 Å². The first kappa shape index (κ1) is 16.6. The van der Waals surface area contributed by atoms with Crippen molar-refractivity contribution < 1.29 is 13.2 Å². The number of thiazole rings is 1. The molecule has 0 atom stereocenters. The molecule has 1 amide bonds. The van der Waals surface area contributed by atoms with Gasteiger partial charge in [0.2, 0.25) is 5.91 Å². The molecule has 0 bridgehead atoms. The Morgan fingerprint density at radius 2 is 2.18 bits per heavy atom. The fraction of sp³-hybridized carbons (Fsp3) is 0.286. The molecule has 0 aliphatic carbocycles. The van der Waals surface area contributed by atoms with Crippen molar-refractivity contribution in [3.63, 3.8) is 0 Å². The molecule has 118 valence electrons. The van der Waals surface area contributed by atoms with Gasteiger partial charge in [0.05, 0.1) is 22.0 Å². The second kappa shape index (κ2) is 6.99. The number of anilines is 1. The molecular formula is C14H17N3O3S2. The van der Waals surface area contributed by atoms with E-state index >= 15 is 0 Å². The van der Waals surface area contributed by atoms with Crippen molar-refractivity contribution in [2.24, 2.45) is 5.73 Å². The van der Waals surface area contributed by atoms with Gasteiger partial charge in [-0.1, -0.05) is 6.07 Å². The Morgan fingerprint density at radius 3 is 2.86 bits per heavy atom. The molecule has 1 heterocycles. The highest BCUT2D eigenvalue weighted by Gasteiger charge is 2.11. The largest absolute Gasteiger partial charge is 0.330 e. The van der Waals surface area contributed by atoms with E-state index in [1.807, 2.05) is 5.38 Å². The molecule has 6 nitrogen and oxygen atoms in total. The van der Waals surface area contributed by atoms with Gasteiger partial charge in [-0.25, -0.2) is 13.4 Å². The Balaban J connectivity index is 2.02. The van der Waals surface area contributed by atoms with Crippen molar-refractivity contribution in [2.75, 3.05) is 18.1 Å². The van der Waals surface area contributed by atoms with Crippen LogP contribution in [0.5, 0.6) is 0 Å². The third-order valence-corrected chi connectivity index (χ3v) is 4.91. The summed E-state index contributed by atoms with van der Waals surface area (Å²) in [5.41, 5.74) is 6.60. The highest BCUT2D eigenvalue weighted by molar-refractivity contribution is 7.90. The third kappa shape index (κ3) is 4.62. The number of hydrogen-bond donors (Lipinski definition) is 2. The predicted molar refractivity (Wildman–Crippen MR) is 86.8 cm³/mol. The minimum atomic E-state index is -3.30. The predicted octanol–water partition coefficient (Wildman–Crippen LogP) is 1.23. The van der Waals surface area contributed by atoms with E-state index < -0.39 is 9.84 Å². The summed E-state index contributed by atoms with van der Waals surface area (Å²) >= 11 is 1.48. The molecule has 0 saturated carbocycles. The van der Waals surface area contributed by atoms with Crippen LogP contribution >= 0.6 is 11.3 Å². The van der Waals surface area contributed by atoms with Crippen molar-refractivity contribution in [3.8, 4) is 0 Å². The van der Waals surface area contributed by atoms with Crippen LogP contribution in [0.1, 0.15) is 10.7 Å². The second-order valence-electron chi connectivity index (χ2n) is 4.80. The monoisotopic (exact) mass is 339 g/mol. The zero-order chi connectivity index (χ0) is 16.2. The van der Waals surface area contributed by atoms with Gasteiger partial charge in [0.25, 0.3) is 0 Å². The first-order chi connectivity index (χ1) is 10.4. The highest BCUT2D eigenvalue weighted by atomic mass is 32.2. The smallest absolute Gasteiger partial charge is 0.230 e. The van der Waals surface area contributed by atoms with Crippen LogP contribution < -0.4 is 11.1 Å². The molecule has 2 aromatic rings. The van der Waals surface area contributed by atoms with Crippen LogP contribution in [0.2, 0.25) is 0 Å². The SMILES string of the molecule is CS(=O)(=O)c1cccc(NC(=O)Cc2csc(CCN)n2)c1. The number of carbonyl (C=O) groups is 1. The number of carbonyl (C=O) groups excluding carboxylic acids is 1. The molecule has 3 N–H and O–H groups in total. The van der Waals surface area contributed by atoms with Gasteiger partial charge in [-0.2, -0.15) is 0 Å². The molecule has 0 aliphatic heterocycles. The zero-order valence-corrected chi connectivity index (χ0v) is 13.7. The number of nitrogens with two attached hydrogens (primary N) is 1. The Labute approximate surface area is 133 Å². The van der Waals surface area contributed by atoms with E-state index in [2.05, 4.69) is 10.3 Å². The lowest BCUT2D eigenvalue weighted by Gasteiger charge is -2.06. The first-order valence-electron chi connectivity index (χ1n) is 6.62. The number of aromatic nitrogens is 1. The maximum atomic E-state index is 12.0. The number of benzene rings is 1. The molecular weight excluding hydrogens is 322 g/mol. The van der Waals surface area contributed by atoms with E-state index in [4.69, 9.17) is 5.73 Å². The van der Waals surface area contributed by atoms with Gasteiger partial charge in [-0.15, -0.1) is 11.3 Å². The van der Waals surface area contributed by atoms with E-state index in [9.17, 15) is 13.2 Å². The lowest BCUT2D eigenvalue weighted by atomic mass is 10.3. The summed E-state index contributed by atoms with van der Waals surface area (Å²) in [5.74, 6) is -0.241. The van der Waals surface area contributed by atoms with Crippen LogP contribution in [-0.2, 0) is 27.5 Å². The molecule has 0 radical (unpaired) electrons. The maximum Gasteiger partial charge on any atom is 0.230 e. The summed E-state index contributed by atoms with van der Waals surface area (Å²) in [6, 6.07) is 6.17. The van der Waals surface area contributed by atoms with Gasteiger partial charge < -0.3 is 11.1 Å². The molecule has 2 rings (SSSR count). The van der Waals surface area contributed by atoms with E-state index in [-0.39, 0.29) is 17.2 Å². The molecule has 0 spiro atoms. The van der Waals surface area contributed by atoms with Crippen molar-refractivity contribution in [1.82, 2.24) is 4.98 Å². The van der Waals surface area contributed by atoms with Crippen LogP contribution in [0, 0.1) is 0 Å². The Bertz CT molecular complexity index is 769. The normalized spacial score (nSPS) is 11.4. The fourth-order valence-electron chi connectivity index (χ4n) is 1.84. The van der Waals surface area contributed by atoms with E-state index in [0.29, 0.717) is 24.3 Å². The van der Waals surface area contributed by atoms with Crippen LogP contribution in [-0.4, -0.2) is 32.1 Å². The number of sulfone groups is 1. The summed E-state index contributed by atoms with van der Waals surface area (Å²) in [6.07, 6.45) is 1.97. The van der Waals surface area contributed by atoms with Crippen LogP contribution in [0.3, 0.4) is 0 Å². The summed E-state index contributed by atoms with van der Waals surface area (Å²) in [4.78, 5) is 16.5. The van der Waals surface area contributed by atoms with Crippen molar-refractivity contribution >= 4 is 32.8 Å². The minimum Gasteiger partial charge on any atom is -0.330 e. The van der Waals surface area contributed by atoms with Crippen molar-refractivity contribution in [3.05, 3.63) is 40.3 Å². The summed E-state index contributed by atoms with van der Waals surface area (Å²) in [7, 11) is -3.30. The number of rotatable bonds is 6. The molecule has 0 saturated heterocycles. The van der Waals surface area contributed by atoms with Crippen LogP contribution in [0.15, 0.2) is 34.5 Å². The zero-order valence-electron chi connectivity index (χ0n) is 12.1. The summed E-state index contributed by atoms with van der Waals surface area (Å²) in [5, 5.41) is 5.42. The Morgan fingerprint density at radius 1 is 1.41 bits per heavy atom. The van der Waals surface area contributed by atoms with Gasteiger partial charge in [0, 0.05) is 23.7 Å². The van der Waals surface area contributed by atoms with Crippen molar-refractivity contribution in [2.45, 2.75) is 17.7 Å². The topological polar surface area (TPSA) is 102 Å². The average molecular weight is 339 g/mol. The van der Waals surface area contributed by atoms with Crippen LogP contribution in [0.25, 0.3) is 0 Å². The van der Waals surface area contributed by atoms with Gasteiger partial charge in [0.15, 0.2) is 9.84 Å². The maximum absolute atomic E-state index is 12.0. The van der Waals surface area contributed by atoms with E-state index in [0.717, 1.165) is 11.3 Å². The molecule has 8 heteroatoms. The number of hydrogen-bond acceptors (Lipinski definition) is 6. The fourth-order valence-corrected chi connectivity index (χ4v) is 3.32. The minimum absolute atomic E-state index is 0.143. The Kier molecular flexibility index (Phi) is 5.28. The number of nitrogens with one attached hydrogen (secondary N) is 1. The van der Waals surface area contributed by atoms with Gasteiger partial charge in [-0.05, 0) is 24.7 Å². The molecule has 0 fully saturated rings. The van der Waals surface area contributed by atoms with Gasteiger partial charge in [-0.3, -0.25) is 4.79 Å². The van der Waals surface area contributed by atoms with Gasteiger partial charge >= 0.3 is 0 Å². The third-order valence-electron chi connectivity index (χ3n) is 2.85. The molecule has 0 aliphatic rings. The van der Waals surface area contributed by atoms with Crippen LogP contribution in [0.4, 0.5) is 5.69 Å². The molecule has 1 aromatic heterocycles. The second-order valence-corrected chi connectivity index (χ2v) is 7.75. The lowest BCUT2D eigenvalue weighted by Crippen LogP contribution is -2.15.